The highest BCUT2D eigenvalue weighted by Gasteiger charge is 2.24. The molecule has 0 radical (unpaired) electrons. The molecule has 1 saturated heterocycles. The monoisotopic (exact) mass is 268 g/mol. The lowest BCUT2D eigenvalue weighted by Gasteiger charge is -2.27. The molecule has 3 unspecified atom stereocenters. The van der Waals surface area contributed by atoms with E-state index < -0.39 is 6.10 Å². The van der Waals surface area contributed by atoms with Crippen LogP contribution < -0.4 is 10.6 Å². The Morgan fingerprint density at radius 2 is 2.56 bits per heavy atom. The molecule has 1 fully saturated rings. The van der Waals surface area contributed by atoms with Gasteiger partial charge in [0.2, 0.25) is 5.91 Å². The molecule has 0 bridgehead atoms. The van der Waals surface area contributed by atoms with Crippen molar-refractivity contribution in [2.24, 2.45) is 5.92 Å². The molecular weight excluding hydrogens is 248 g/mol. The van der Waals surface area contributed by atoms with E-state index in [1.54, 1.807) is 11.3 Å². The lowest BCUT2D eigenvalue weighted by Crippen LogP contribution is -2.49. The number of carbonyl (C=O) groups excluding carboxylic acids is 1. The standard InChI is InChI=1S/C13H20N2O2S/c1-9-2-4-14-11(6-9)13(17)15-7-12(16)10-3-5-18-8-10/h3,5,8-9,11-12,14,16H,2,4,6-7H2,1H3,(H,15,17). The van der Waals surface area contributed by atoms with Crippen molar-refractivity contribution in [1.82, 2.24) is 10.6 Å². The Hall–Kier alpha value is -0.910. The topological polar surface area (TPSA) is 61.4 Å². The molecule has 1 aromatic rings. The van der Waals surface area contributed by atoms with Crippen LogP contribution >= 0.6 is 11.3 Å². The largest absolute Gasteiger partial charge is 0.387 e. The fourth-order valence-electron chi connectivity index (χ4n) is 2.21. The van der Waals surface area contributed by atoms with Crippen molar-refractivity contribution in [2.45, 2.75) is 31.9 Å². The number of thiophene rings is 1. The van der Waals surface area contributed by atoms with Crippen molar-refractivity contribution in [1.29, 1.82) is 0 Å². The molecular formula is C13H20N2O2S. The van der Waals surface area contributed by atoms with Crippen LogP contribution in [0.25, 0.3) is 0 Å². The van der Waals surface area contributed by atoms with Crippen LogP contribution in [0, 0.1) is 5.92 Å². The first-order valence-corrected chi connectivity index (χ1v) is 7.32. The van der Waals surface area contributed by atoms with Crippen LogP contribution in [0.4, 0.5) is 0 Å². The average molecular weight is 268 g/mol. The number of nitrogens with one attached hydrogen (secondary N) is 2. The number of carbonyl (C=O) groups is 1. The number of aliphatic hydroxyl groups is 1. The van der Waals surface area contributed by atoms with Gasteiger partial charge in [0.25, 0.3) is 0 Å². The normalized spacial score (nSPS) is 25.7. The van der Waals surface area contributed by atoms with Crippen molar-refractivity contribution in [2.75, 3.05) is 13.1 Å². The summed E-state index contributed by atoms with van der Waals surface area (Å²) in [6, 6.07) is 1.77. The maximum absolute atomic E-state index is 11.9. The average Bonchev–Trinajstić information content (AvgIpc) is 2.89. The van der Waals surface area contributed by atoms with Crippen LogP contribution in [0.5, 0.6) is 0 Å². The third kappa shape index (κ3) is 3.54. The zero-order valence-corrected chi connectivity index (χ0v) is 11.4. The van der Waals surface area contributed by atoms with E-state index in [1.165, 1.54) is 0 Å². The minimum atomic E-state index is -0.610. The molecule has 5 heteroatoms. The highest BCUT2D eigenvalue weighted by atomic mass is 32.1. The molecule has 0 aliphatic carbocycles. The lowest BCUT2D eigenvalue weighted by molar-refractivity contribution is -0.124. The molecule has 1 amide bonds. The summed E-state index contributed by atoms with van der Waals surface area (Å²) in [6.45, 7) is 3.34. The molecule has 18 heavy (non-hydrogen) atoms. The van der Waals surface area contributed by atoms with E-state index in [0.717, 1.165) is 24.9 Å². The van der Waals surface area contributed by atoms with Gasteiger partial charge in [0.1, 0.15) is 0 Å². The number of hydrogen-bond acceptors (Lipinski definition) is 4. The number of hydrogen-bond donors (Lipinski definition) is 3. The number of amides is 1. The lowest BCUT2D eigenvalue weighted by atomic mass is 9.94. The molecule has 2 heterocycles. The summed E-state index contributed by atoms with van der Waals surface area (Å²) in [5, 5.41) is 19.7. The minimum Gasteiger partial charge on any atom is -0.387 e. The quantitative estimate of drug-likeness (QED) is 0.771. The van der Waals surface area contributed by atoms with E-state index in [-0.39, 0.29) is 18.5 Å². The third-order valence-electron chi connectivity index (χ3n) is 3.38. The van der Waals surface area contributed by atoms with Crippen LogP contribution in [0.1, 0.15) is 31.4 Å². The van der Waals surface area contributed by atoms with Gasteiger partial charge in [0.05, 0.1) is 12.1 Å². The Kier molecular flexibility index (Phi) is 4.74. The summed E-state index contributed by atoms with van der Waals surface area (Å²) in [5.41, 5.74) is 0.866. The first-order chi connectivity index (χ1) is 8.66. The second kappa shape index (κ2) is 6.31. The van der Waals surface area contributed by atoms with Crippen LogP contribution in [-0.2, 0) is 4.79 Å². The van der Waals surface area contributed by atoms with Gasteiger partial charge in [0.15, 0.2) is 0 Å². The molecule has 4 nitrogen and oxygen atoms in total. The molecule has 0 aromatic carbocycles. The van der Waals surface area contributed by atoms with Gasteiger partial charge in [0, 0.05) is 6.54 Å². The first-order valence-electron chi connectivity index (χ1n) is 6.38. The van der Waals surface area contributed by atoms with Crippen molar-refractivity contribution in [3.05, 3.63) is 22.4 Å². The van der Waals surface area contributed by atoms with Gasteiger partial charge >= 0.3 is 0 Å². The summed E-state index contributed by atoms with van der Waals surface area (Å²) in [4.78, 5) is 11.9. The van der Waals surface area contributed by atoms with E-state index in [9.17, 15) is 9.90 Å². The van der Waals surface area contributed by atoms with E-state index >= 15 is 0 Å². The van der Waals surface area contributed by atoms with Crippen molar-refractivity contribution < 1.29 is 9.90 Å². The van der Waals surface area contributed by atoms with Crippen LogP contribution in [-0.4, -0.2) is 30.1 Å². The maximum Gasteiger partial charge on any atom is 0.237 e. The van der Waals surface area contributed by atoms with E-state index in [2.05, 4.69) is 17.6 Å². The smallest absolute Gasteiger partial charge is 0.237 e. The second-order valence-electron chi connectivity index (χ2n) is 4.95. The zero-order chi connectivity index (χ0) is 13.0. The summed E-state index contributed by atoms with van der Waals surface area (Å²) in [6.07, 6.45) is 1.39. The third-order valence-corrected chi connectivity index (χ3v) is 4.08. The summed E-state index contributed by atoms with van der Waals surface area (Å²) in [7, 11) is 0. The van der Waals surface area contributed by atoms with Gasteiger partial charge in [-0.25, -0.2) is 0 Å². The number of rotatable bonds is 4. The summed E-state index contributed by atoms with van der Waals surface area (Å²) in [5.74, 6) is 0.583. The van der Waals surface area contributed by atoms with E-state index in [0.29, 0.717) is 5.92 Å². The first kappa shape index (κ1) is 13.5. The molecule has 3 N–H and O–H groups in total. The Labute approximate surface area is 111 Å². The second-order valence-corrected chi connectivity index (χ2v) is 5.73. The van der Waals surface area contributed by atoms with Crippen molar-refractivity contribution in [3.63, 3.8) is 0 Å². The molecule has 0 spiro atoms. The Bertz CT molecular complexity index is 380. The molecule has 3 atom stereocenters. The predicted molar refractivity (Wildman–Crippen MR) is 72.5 cm³/mol. The zero-order valence-electron chi connectivity index (χ0n) is 10.6. The van der Waals surface area contributed by atoms with Gasteiger partial charge < -0.3 is 15.7 Å². The van der Waals surface area contributed by atoms with Crippen LogP contribution in [0.3, 0.4) is 0 Å². The van der Waals surface area contributed by atoms with Gasteiger partial charge in [-0.3, -0.25) is 4.79 Å². The molecule has 100 valence electrons. The molecule has 0 saturated carbocycles. The minimum absolute atomic E-state index is 0.00386. The Morgan fingerprint density at radius 3 is 3.22 bits per heavy atom. The highest BCUT2D eigenvalue weighted by Crippen LogP contribution is 2.17. The fraction of sp³-hybridized carbons (Fsp3) is 0.615. The van der Waals surface area contributed by atoms with Gasteiger partial charge in [-0.1, -0.05) is 6.92 Å². The maximum atomic E-state index is 11.9. The summed E-state index contributed by atoms with van der Waals surface area (Å²) < 4.78 is 0. The molecule has 1 aliphatic heterocycles. The predicted octanol–water partition coefficient (Wildman–Crippen LogP) is 1.29. The fourth-order valence-corrected chi connectivity index (χ4v) is 2.92. The molecule has 1 aliphatic rings. The van der Waals surface area contributed by atoms with E-state index in [1.807, 2.05) is 16.8 Å². The van der Waals surface area contributed by atoms with Crippen molar-refractivity contribution >= 4 is 17.2 Å². The van der Waals surface area contributed by atoms with Crippen LogP contribution in [0.15, 0.2) is 16.8 Å². The van der Waals surface area contributed by atoms with Gasteiger partial charge in [-0.2, -0.15) is 11.3 Å². The molecule has 2 rings (SSSR count). The Balaban J connectivity index is 1.77. The van der Waals surface area contributed by atoms with Gasteiger partial charge in [-0.05, 0) is 47.7 Å². The summed E-state index contributed by atoms with van der Waals surface area (Å²) >= 11 is 1.55. The number of aliphatic hydroxyl groups excluding tert-OH is 1. The highest BCUT2D eigenvalue weighted by molar-refractivity contribution is 7.07. The SMILES string of the molecule is CC1CCNC(C(=O)NCC(O)c2ccsc2)C1. The molecule has 1 aromatic heterocycles. The Morgan fingerprint density at radius 1 is 1.72 bits per heavy atom. The van der Waals surface area contributed by atoms with Crippen molar-refractivity contribution in [3.8, 4) is 0 Å². The number of piperidine rings is 1. The van der Waals surface area contributed by atoms with Crippen LogP contribution in [0.2, 0.25) is 0 Å². The van der Waals surface area contributed by atoms with Gasteiger partial charge in [-0.15, -0.1) is 0 Å². The van der Waals surface area contributed by atoms with E-state index in [4.69, 9.17) is 0 Å².